The number of hydrogen-bond acceptors (Lipinski definition) is 3. The first kappa shape index (κ1) is 8.97. The summed E-state index contributed by atoms with van der Waals surface area (Å²) in [4.78, 5) is 7.66. The Hall–Kier alpha value is -1.61. The van der Waals surface area contributed by atoms with Gasteiger partial charge in [0.15, 0.2) is 0 Å². The average Bonchev–Trinajstić information content (AvgIpc) is 2.19. The smallest absolute Gasteiger partial charge is 0.225 e. The second-order valence-electron chi connectivity index (χ2n) is 2.58. The molecule has 0 aliphatic rings. The highest BCUT2D eigenvalue weighted by molar-refractivity contribution is 6.28. The van der Waals surface area contributed by atoms with E-state index in [-0.39, 0.29) is 5.28 Å². The molecule has 0 unspecified atom stereocenters. The molecule has 14 heavy (non-hydrogen) atoms. The lowest BCUT2D eigenvalue weighted by atomic mass is 10.3. The van der Waals surface area contributed by atoms with Crippen LogP contribution in [0.15, 0.2) is 42.6 Å². The van der Waals surface area contributed by atoms with E-state index in [2.05, 4.69) is 9.97 Å². The van der Waals surface area contributed by atoms with Gasteiger partial charge in [-0.15, -0.1) is 0 Å². The molecule has 0 bridgehead atoms. The topological polar surface area (TPSA) is 35.0 Å². The molecule has 0 fully saturated rings. The molecule has 4 heteroatoms. The molecule has 0 amide bonds. The lowest BCUT2D eigenvalue weighted by Crippen LogP contribution is -1.88. The number of nitrogens with zero attached hydrogens (tertiary/aromatic N) is 2. The van der Waals surface area contributed by atoms with E-state index in [1.54, 1.807) is 12.3 Å². The molecule has 0 saturated carbocycles. The number of halogens is 1. The van der Waals surface area contributed by atoms with Crippen molar-refractivity contribution in [2.75, 3.05) is 0 Å². The van der Waals surface area contributed by atoms with Crippen LogP contribution in [0, 0.1) is 0 Å². The number of ether oxygens (including phenoxy) is 1. The number of benzene rings is 1. The van der Waals surface area contributed by atoms with E-state index in [0.29, 0.717) is 5.88 Å². The third-order valence-electron chi connectivity index (χ3n) is 1.57. The Morgan fingerprint density at radius 1 is 1.07 bits per heavy atom. The first-order chi connectivity index (χ1) is 6.84. The summed E-state index contributed by atoms with van der Waals surface area (Å²) in [6, 6.07) is 11.0. The van der Waals surface area contributed by atoms with Crippen LogP contribution < -0.4 is 4.74 Å². The normalized spacial score (nSPS) is 9.79. The molecule has 2 rings (SSSR count). The summed E-state index contributed by atoms with van der Waals surface area (Å²) >= 11 is 5.61. The van der Waals surface area contributed by atoms with Gasteiger partial charge in [0.25, 0.3) is 0 Å². The van der Waals surface area contributed by atoms with Crippen molar-refractivity contribution in [2.45, 2.75) is 0 Å². The van der Waals surface area contributed by atoms with Crippen LogP contribution in [0.4, 0.5) is 0 Å². The average molecular weight is 207 g/mol. The summed E-state index contributed by atoms with van der Waals surface area (Å²) in [5, 5.41) is 0.179. The summed E-state index contributed by atoms with van der Waals surface area (Å²) in [6.45, 7) is 0. The molecule has 1 aromatic heterocycles. The van der Waals surface area contributed by atoms with Gasteiger partial charge in [0, 0.05) is 12.3 Å². The number of hydrogen-bond donors (Lipinski definition) is 0. The summed E-state index contributed by atoms with van der Waals surface area (Å²) in [6.07, 6.45) is 1.55. The molecule has 0 N–H and O–H groups in total. The zero-order valence-electron chi connectivity index (χ0n) is 7.22. The van der Waals surface area contributed by atoms with Gasteiger partial charge < -0.3 is 4.74 Å². The lowest BCUT2D eigenvalue weighted by Gasteiger charge is -2.02. The molecule has 2 aromatic rings. The minimum Gasteiger partial charge on any atom is -0.439 e. The Balaban J connectivity index is 2.19. The maximum atomic E-state index is 5.61. The Labute approximate surface area is 86.3 Å². The number of para-hydroxylation sites is 1. The van der Waals surface area contributed by atoms with Crippen LogP contribution in [0.1, 0.15) is 0 Å². The maximum absolute atomic E-state index is 5.61. The van der Waals surface area contributed by atoms with E-state index >= 15 is 0 Å². The molecular formula is C10H7ClN2O. The van der Waals surface area contributed by atoms with Gasteiger partial charge in [-0.2, -0.15) is 4.98 Å². The third kappa shape index (κ3) is 2.20. The zero-order valence-corrected chi connectivity index (χ0v) is 7.98. The highest BCUT2D eigenvalue weighted by atomic mass is 35.5. The maximum Gasteiger partial charge on any atom is 0.225 e. The summed E-state index contributed by atoms with van der Waals surface area (Å²) in [5.74, 6) is 1.17. The first-order valence-electron chi connectivity index (χ1n) is 4.06. The minimum atomic E-state index is 0.179. The third-order valence-corrected chi connectivity index (χ3v) is 1.75. The Morgan fingerprint density at radius 3 is 2.57 bits per heavy atom. The monoisotopic (exact) mass is 206 g/mol. The van der Waals surface area contributed by atoms with Gasteiger partial charge in [-0.3, -0.25) is 0 Å². The molecule has 0 spiro atoms. The van der Waals surface area contributed by atoms with Gasteiger partial charge in [-0.25, -0.2) is 4.98 Å². The molecule has 1 heterocycles. The molecule has 0 aliphatic heterocycles. The fourth-order valence-corrected chi connectivity index (χ4v) is 1.13. The fourth-order valence-electron chi connectivity index (χ4n) is 0.986. The van der Waals surface area contributed by atoms with Gasteiger partial charge >= 0.3 is 0 Å². The number of aromatic nitrogens is 2. The largest absolute Gasteiger partial charge is 0.439 e. The van der Waals surface area contributed by atoms with Crippen molar-refractivity contribution in [1.29, 1.82) is 0 Å². The standard InChI is InChI=1S/C10H7ClN2O/c11-10-12-7-6-9(13-10)14-8-4-2-1-3-5-8/h1-7H. The fraction of sp³-hybridized carbons (Fsp3) is 0. The van der Waals surface area contributed by atoms with E-state index < -0.39 is 0 Å². The van der Waals surface area contributed by atoms with Crippen molar-refractivity contribution in [3.05, 3.63) is 47.9 Å². The predicted octanol–water partition coefficient (Wildman–Crippen LogP) is 2.92. The van der Waals surface area contributed by atoms with Crippen LogP contribution in [0.5, 0.6) is 11.6 Å². The van der Waals surface area contributed by atoms with Crippen LogP contribution in [-0.4, -0.2) is 9.97 Å². The van der Waals surface area contributed by atoms with Crippen molar-refractivity contribution in [1.82, 2.24) is 9.97 Å². The van der Waals surface area contributed by atoms with Crippen LogP contribution in [-0.2, 0) is 0 Å². The number of rotatable bonds is 2. The van der Waals surface area contributed by atoms with Gasteiger partial charge in [0.05, 0.1) is 0 Å². The molecule has 70 valence electrons. The van der Waals surface area contributed by atoms with Crippen LogP contribution in [0.25, 0.3) is 0 Å². The molecule has 0 saturated heterocycles. The molecule has 0 atom stereocenters. The van der Waals surface area contributed by atoms with E-state index in [4.69, 9.17) is 16.3 Å². The van der Waals surface area contributed by atoms with Crippen molar-refractivity contribution in [2.24, 2.45) is 0 Å². The van der Waals surface area contributed by atoms with E-state index in [1.165, 1.54) is 0 Å². The highest BCUT2D eigenvalue weighted by Crippen LogP contribution is 2.18. The second kappa shape index (κ2) is 4.07. The van der Waals surface area contributed by atoms with Crippen molar-refractivity contribution >= 4 is 11.6 Å². The highest BCUT2D eigenvalue weighted by Gasteiger charge is 1.98. The van der Waals surface area contributed by atoms with Gasteiger partial charge in [-0.05, 0) is 23.7 Å². The Kier molecular flexibility index (Phi) is 2.60. The molecule has 0 radical (unpaired) electrons. The quantitative estimate of drug-likeness (QED) is 0.709. The SMILES string of the molecule is Clc1nccc(Oc2ccccc2)n1. The predicted molar refractivity (Wildman–Crippen MR) is 53.6 cm³/mol. The van der Waals surface area contributed by atoms with Crippen LogP contribution >= 0.6 is 11.6 Å². The Bertz CT molecular complexity index is 419. The molecule has 1 aromatic carbocycles. The van der Waals surface area contributed by atoms with Crippen molar-refractivity contribution in [3.63, 3.8) is 0 Å². The summed E-state index contributed by atoms with van der Waals surface area (Å²) in [5.41, 5.74) is 0. The van der Waals surface area contributed by atoms with Crippen LogP contribution in [0.3, 0.4) is 0 Å². The minimum absolute atomic E-state index is 0.179. The van der Waals surface area contributed by atoms with Crippen molar-refractivity contribution < 1.29 is 4.74 Å². The molecule has 3 nitrogen and oxygen atoms in total. The first-order valence-corrected chi connectivity index (χ1v) is 4.44. The summed E-state index contributed by atoms with van der Waals surface area (Å²) in [7, 11) is 0. The summed E-state index contributed by atoms with van der Waals surface area (Å²) < 4.78 is 5.42. The lowest BCUT2D eigenvalue weighted by molar-refractivity contribution is 0.461. The van der Waals surface area contributed by atoms with Crippen LogP contribution in [0.2, 0.25) is 5.28 Å². The van der Waals surface area contributed by atoms with Gasteiger partial charge in [0.2, 0.25) is 11.2 Å². The van der Waals surface area contributed by atoms with Gasteiger partial charge in [-0.1, -0.05) is 18.2 Å². The van der Waals surface area contributed by atoms with E-state index in [0.717, 1.165) is 5.75 Å². The second-order valence-corrected chi connectivity index (χ2v) is 2.92. The molecule has 0 aliphatic carbocycles. The zero-order chi connectivity index (χ0) is 9.80. The van der Waals surface area contributed by atoms with Gasteiger partial charge in [0.1, 0.15) is 5.75 Å². The van der Waals surface area contributed by atoms with E-state index in [1.807, 2.05) is 30.3 Å². The Morgan fingerprint density at radius 2 is 1.86 bits per heavy atom. The van der Waals surface area contributed by atoms with Crippen molar-refractivity contribution in [3.8, 4) is 11.6 Å². The van der Waals surface area contributed by atoms with E-state index in [9.17, 15) is 0 Å². The molecular weight excluding hydrogens is 200 g/mol.